The Morgan fingerprint density at radius 2 is 2.15 bits per heavy atom. The minimum Gasteiger partial charge on any atom is -0.464 e. The molecule has 27 heavy (non-hydrogen) atoms. The number of piperidine rings is 1. The standard InChI is InChI=1S/C22H22N2O3/c25-22(18-7-3-6-17(14-18)21-10-5-13-26-21)24-12-4-9-20(15-24)27-16-19-8-1-2-11-23-19/h1-3,5-8,10-11,13-14,20H,4,9,12,15-16H2. The number of pyridine rings is 1. The van der Waals surface area contributed by atoms with E-state index in [1.807, 2.05) is 59.5 Å². The number of amides is 1. The topological polar surface area (TPSA) is 55.6 Å². The SMILES string of the molecule is O=C(c1cccc(-c2ccco2)c1)N1CCCC(OCc2ccccn2)C1. The van der Waals surface area contributed by atoms with E-state index in [1.165, 1.54) is 0 Å². The lowest BCUT2D eigenvalue weighted by Gasteiger charge is -2.32. The Morgan fingerprint density at radius 3 is 2.96 bits per heavy atom. The molecule has 0 radical (unpaired) electrons. The van der Waals surface area contributed by atoms with E-state index in [4.69, 9.17) is 9.15 Å². The molecule has 1 aliphatic heterocycles. The van der Waals surface area contributed by atoms with Gasteiger partial charge in [-0.15, -0.1) is 0 Å². The number of benzene rings is 1. The third kappa shape index (κ3) is 4.26. The van der Waals surface area contributed by atoms with E-state index in [0.29, 0.717) is 18.7 Å². The van der Waals surface area contributed by atoms with Gasteiger partial charge in [-0.2, -0.15) is 0 Å². The predicted molar refractivity (Wildman–Crippen MR) is 102 cm³/mol. The number of carbonyl (C=O) groups is 1. The van der Waals surface area contributed by atoms with Crippen LogP contribution in [0.1, 0.15) is 28.9 Å². The summed E-state index contributed by atoms with van der Waals surface area (Å²) in [6.07, 6.45) is 5.34. The maximum absolute atomic E-state index is 13.0. The van der Waals surface area contributed by atoms with Crippen molar-refractivity contribution >= 4 is 5.91 Å². The van der Waals surface area contributed by atoms with Crippen LogP contribution in [0.5, 0.6) is 0 Å². The van der Waals surface area contributed by atoms with E-state index in [0.717, 1.165) is 36.4 Å². The molecule has 0 spiro atoms. The first-order valence-electron chi connectivity index (χ1n) is 9.24. The predicted octanol–water partition coefficient (Wildman–Crippen LogP) is 4.16. The van der Waals surface area contributed by atoms with Crippen molar-refractivity contribution in [3.05, 3.63) is 78.3 Å². The number of rotatable bonds is 5. The van der Waals surface area contributed by atoms with E-state index in [9.17, 15) is 4.79 Å². The van der Waals surface area contributed by atoms with Crippen LogP contribution in [0.15, 0.2) is 71.5 Å². The number of hydrogen-bond acceptors (Lipinski definition) is 4. The summed E-state index contributed by atoms with van der Waals surface area (Å²) in [7, 11) is 0. The van der Waals surface area contributed by atoms with Gasteiger partial charge in [0.1, 0.15) is 5.76 Å². The van der Waals surface area contributed by atoms with Gasteiger partial charge in [-0.3, -0.25) is 9.78 Å². The Hall–Kier alpha value is -2.92. The van der Waals surface area contributed by atoms with E-state index in [-0.39, 0.29) is 12.0 Å². The average Bonchev–Trinajstić information content (AvgIpc) is 3.28. The number of carbonyl (C=O) groups excluding carboxylic acids is 1. The largest absolute Gasteiger partial charge is 0.464 e. The van der Waals surface area contributed by atoms with Gasteiger partial charge in [0.25, 0.3) is 5.91 Å². The van der Waals surface area contributed by atoms with Gasteiger partial charge in [0, 0.05) is 30.4 Å². The first-order chi connectivity index (χ1) is 13.3. The van der Waals surface area contributed by atoms with Crippen LogP contribution in [0.4, 0.5) is 0 Å². The lowest BCUT2D eigenvalue weighted by atomic mass is 10.0. The highest BCUT2D eigenvalue weighted by Gasteiger charge is 2.25. The fourth-order valence-electron chi connectivity index (χ4n) is 3.38. The van der Waals surface area contributed by atoms with Gasteiger partial charge in [-0.05, 0) is 49.2 Å². The quantitative estimate of drug-likeness (QED) is 0.684. The van der Waals surface area contributed by atoms with Gasteiger partial charge in [0.15, 0.2) is 0 Å². The fourth-order valence-corrected chi connectivity index (χ4v) is 3.38. The first kappa shape index (κ1) is 17.5. The summed E-state index contributed by atoms with van der Waals surface area (Å²) < 4.78 is 11.4. The zero-order chi connectivity index (χ0) is 18.5. The summed E-state index contributed by atoms with van der Waals surface area (Å²) in [5.41, 5.74) is 2.49. The molecule has 1 unspecified atom stereocenters. The van der Waals surface area contributed by atoms with Crippen LogP contribution >= 0.6 is 0 Å². The summed E-state index contributed by atoms with van der Waals surface area (Å²) >= 11 is 0. The number of furan rings is 1. The van der Waals surface area contributed by atoms with Crippen LogP contribution in [-0.2, 0) is 11.3 Å². The molecule has 3 heterocycles. The molecule has 0 aliphatic carbocycles. The van der Waals surface area contributed by atoms with Crippen molar-refractivity contribution in [2.24, 2.45) is 0 Å². The van der Waals surface area contributed by atoms with Crippen LogP contribution in [0.2, 0.25) is 0 Å². The number of ether oxygens (including phenoxy) is 1. The molecule has 0 bridgehead atoms. The highest BCUT2D eigenvalue weighted by atomic mass is 16.5. The zero-order valence-corrected chi connectivity index (χ0v) is 15.1. The first-order valence-corrected chi connectivity index (χ1v) is 9.24. The van der Waals surface area contributed by atoms with Crippen molar-refractivity contribution in [3.8, 4) is 11.3 Å². The molecule has 3 aromatic rings. The Labute approximate surface area is 158 Å². The fraction of sp³-hybridized carbons (Fsp3) is 0.273. The van der Waals surface area contributed by atoms with Crippen LogP contribution in [0.3, 0.4) is 0 Å². The number of aromatic nitrogens is 1. The molecule has 1 atom stereocenters. The zero-order valence-electron chi connectivity index (χ0n) is 15.1. The monoisotopic (exact) mass is 362 g/mol. The van der Waals surface area contributed by atoms with Crippen LogP contribution in [0, 0.1) is 0 Å². The molecule has 1 saturated heterocycles. The summed E-state index contributed by atoms with van der Waals surface area (Å²) in [5, 5.41) is 0. The van der Waals surface area contributed by atoms with Gasteiger partial charge >= 0.3 is 0 Å². The molecule has 1 aromatic carbocycles. The Morgan fingerprint density at radius 1 is 1.19 bits per heavy atom. The average molecular weight is 362 g/mol. The van der Waals surface area contributed by atoms with Gasteiger partial charge in [-0.1, -0.05) is 18.2 Å². The van der Waals surface area contributed by atoms with Crippen LogP contribution < -0.4 is 0 Å². The second-order valence-electron chi connectivity index (χ2n) is 6.71. The van der Waals surface area contributed by atoms with Crippen molar-refractivity contribution in [2.45, 2.75) is 25.6 Å². The lowest BCUT2D eigenvalue weighted by molar-refractivity contribution is -0.00785. The maximum atomic E-state index is 13.0. The molecule has 5 nitrogen and oxygen atoms in total. The minimum atomic E-state index is 0.0366. The van der Waals surface area contributed by atoms with E-state index in [2.05, 4.69) is 4.98 Å². The molecule has 2 aromatic heterocycles. The summed E-state index contributed by atoms with van der Waals surface area (Å²) in [6, 6.07) is 17.1. The third-order valence-electron chi connectivity index (χ3n) is 4.77. The summed E-state index contributed by atoms with van der Waals surface area (Å²) in [5.74, 6) is 0.800. The Balaban J connectivity index is 1.40. The molecule has 0 saturated carbocycles. The molecule has 1 fully saturated rings. The van der Waals surface area contributed by atoms with Gasteiger partial charge in [0.05, 0.1) is 24.7 Å². The molecule has 1 amide bonds. The van der Waals surface area contributed by atoms with Gasteiger partial charge in [-0.25, -0.2) is 0 Å². The van der Waals surface area contributed by atoms with Crippen molar-refractivity contribution in [1.82, 2.24) is 9.88 Å². The summed E-state index contributed by atoms with van der Waals surface area (Å²) in [6.45, 7) is 1.84. The van der Waals surface area contributed by atoms with Crippen LogP contribution in [-0.4, -0.2) is 35.0 Å². The smallest absolute Gasteiger partial charge is 0.253 e. The van der Waals surface area contributed by atoms with Crippen molar-refractivity contribution in [1.29, 1.82) is 0 Å². The lowest BCUT2D eigenvalue weighted by Crippen LogP contribution is -2.43. The van der Waals surface area contributed by atoms with E-state index < -0.39 is 0 Å². The van der Waals surface area contributed by atoms with Crippen molar-refractivity contribution < 1.29 is 13.9 Å². The molecular formula is C22H22N2O3. The van der Waals surface area contributed by atoms with Crippen molar-refractivity contribution in [3.63, 3.8) is 0 Å². The van der Waals surface area contributed by atoms with Gasteiger partial charge in [0.2, 0.25) is 0 Å². The molecule has 1 aliphatic rings. The highest BCUT2D eigenvalue weighted by Crippen LogP contribution is 2.23. The Bertz CT molecular complexity index is 878. The molecule has 0 N–H and O–H groups in total. The molecular weight excluding hydrogens is 340 g/mol. The molecule has 4 rings (SSSR count). The molecule has 138 valence electrons. The van der Waals surface area contributed by atoms with E-state index >= 15 is 0 Å². The maximum Gasteiger partial charge on any atom is 0.253 e. The number of likely N-dealkylation sites (tertiary alicyclic amines) is 1. The number of hydrogen-bond donors (Lipinski definition) is 0. The number of nitrogens with zero attached hydrogens (tertiary/aromatic N) is 2. The third-order valence-corrected chi connectivity index (χ3v) is 4.77. The second-order valence-corrected chi connectivity index (χ2v) is 6.71. The second kappa shape index (κ2) is 8.18. The van der Waals surface area contributed by atoms with Crippen molar-refractivity contribution in [2.75, 3.05) is 13.1 Å². The van der Waals surface area contributed by atoms with Gasteiger partial charge < -0.3 is 14.1 Å². The Kier molecular flexibility index (Phi) is 5.30. The highest BCUT2D eigenvalue weighted by molar-refractivity contribution is 5.95. The van der Waals surface area contributed by atoms with Crippen LogP contribution in [0.25, 0.3) is 11.3 Å². The molecule has 5 heteroatoms. The summed E-state index contributed by atoms with van der Waals surface area (Å²) in [4.78, 5) is 19.1. The normalized spacial score (nSPS) is 17.0. The van der Waals surface area contributed by atoms with E-state index in [1.54, 1.807) is 12.5 Å². The minimum absolute atomic E-state index is 0.0366.